The zero-order valence-electron chi connectivity index (χ0n) is 18.5. The maximum atomic E-state index is 13.3. The summed E-state index contributed by atoms with van der Waals surface area (Å²) in [4.78, 5) is 29.1. The largest absolute Gasteiger partial charge is 0.467 e. The highest BCUT2D eigenvalue weighted by atomic mass is 19.1. The summed E-state index contributed by atoms with van der Waals surface area (Å²) in [6.45, 7) is 0.935. The number of rotatable bonds is 11. The normalized spacial score (nSPS) is 11.0. The van der Waals surface area contributed by atoms with E-state index in [9.17, 15) is 14.0 Å². The van der Waals surface area contributed by atoms with Crippen molar-refractivity contribution in [3.8, 4) is 0 Å². The van der Waals surface area contributed by atoms with Crippen LogP contribution in [0.3, 0.4) is 0 Å². The fourth-order valence-electron chi connectivity index (χ4n) is 3.20. The van der Waals surface area contributed by atoms with Crippen LogP contribution in [0.15, 0.2) is 83.5 Å². The number of furan rings is 1. The summed E-state index contributed by atoms with van der Waals surface area (Å²) in [7, 11) is 1.54. The first kappa shape index (κ1) is 23.9. The van der Waals surface area contributed by atoms with Gasteiger partial charge in [0.15, 0.2) is 0 Å². The molecule has 0 aliphatic rings. The van der Waals surface area contributed by atoms with E-state index in [1.165, 1.54) is 23.1 Å². The van der Waals surface area contributed by atoms with Crippen molar-refractivity contribution in [2.24, 2.45) is 0 Å². The molecule has 33 heavy (non-hydrogen) atoms. The van der Waals surface area contributed by atoms with Crippen molar-refractivity contribution in [1.82, 2.24) is 9.80 Å². The Kier molecular flexibility index (Phi) is 8.97. The molecule has 0 aliphatic heterocycles. The van der Waals surface area contributed by atoms with Gasteiger partial charge in [0.2, 0.25) is 11.8 Å². The third kappa shape index (κ3) is 7.73. The molecule has 2 aromatic carbocycles. The van der Waals surface area contributed by atoms with Gasteiger partial charge < -0.3 is 19.0 Å². The Morgan fingerprint density at radius 1 is 0.970 bits per heavy atom. The standard InChI is InChI=1S/C26H27FN2O4/c1-32-17-15-28(25(30)14-11-21-6-3-2-4-7-21)20-26(31)29(19-24-8-5-16-33-24)18-22-9-12-23(27)13-10-22/h2-14,16H,15,17-20H2,1H3. The number of nitrogens with zero attached hydrogens (tertiary/aromatic N) is 2. The van der Waals surface area contributed by atoms with Crippen LogP contribution < -0.4 is 0 Å². The van der Waals surface area contributed by atoms with E-state index in [2.05, 4.69) is 0 Å². The van der Waals surface area contributed by atoms with Gasteiger partial charge in [-0.1, -0.05) is 42.5 Å². The van der Waals surface area contributed by atoms with E-state index in [1.807, 2.05) is 30.3 Å². The maximum absolute atomic E-state index is 13.3. The van der Waals surface area contributed by atoms with Gasteiger partial charge in [-0.3, -0.25) is 9.59 Å². The van der Waals surface area contributed by atoms with E-state index >= 15 is 0 Å². The van der Waals surface area contributed by atoms with Crippen molar-refractivity contribution in [3.05, 3.63) is 102 Å². The van der Waals surface area contributed by atoms with Crippen LogP contribution >= 0.6 is 0 Å². The lowest BCUT2D eigenvalue weighted by Gasteiger charge is -2.26. The van der Waals surface area contributed by atoms with E-state index < -0.39 is 0 Å². The number of amides is 2. The molecule has 3 rings (SSSR count). The summed E-state index contributed by atoms with van der Waals surface area (Å²) in [6, 6.07) is 19.0. The van der Waals surface area contributed by atoms with Crippen molar-refractivity contribution in [2.45, 2.75) is 13.1 Å². The van der Waals surface area contributed by atoms with Crippen LogP contribution in [0, 0.1) is 5.82 Å². The molecule has 0 bridgehead atoms. The van der Waals surface area contributed by atoms with Gasteiger partial charge in [0.05, 0.1) is 19.4 Å². The summed E-state index contributed by atoms with van der Waals surface area (Å²) < 4.78 is 23.8. The van der Waals surface area contributed by atoms with E-state index in [0.29, 0.717) is 12.4 Å². The molecule has 0 radical (unpaired) electrons. The second-order valence-electron chi connectivity index (χ2n) is 7.45. The first-order valence-corrected chi connectivity index (χ1v) is 10.6. The Hall–Kier alpha value is -3.71. The molecule has 1 aromatic heterocycles. The Bertz CT molecular complexity index is 1030. The van der Waals surface area contributed by atoms with E-state index in [1.54, 1.807) is 48.6 Å². The number of ether oxygens (including phenoxy) is 1. The molecular formula is C26H27FN2O4. The number of hydrogen-bond donors (Lipinski definition) is 0. The first-order valence-electron chi connectivity index (χ1n) is 10.6. The second-order valence-corrected chi connectivity index (χ2v) is 7.45. The molecule has 1 heterocycles. The van der Waals surface area contributed by atoms with Crippen molar-refractivity contribution in [3.63, 3.8) is 0 Å². The van der Waals surface area contributed by atoms with Crippen molar-refractivity contribution < 1.29 is 23.1 Å². The Morgan fingerprint density at radius 3 is 2.39 bits per heavy atom. The molecule has 0 saturated carbocycles. The molecule has 0 fully saturated rings. The smallest absolute Gasteiger partial charge is 0.247 e. The predicted molar refractivity (Wildman–Crippen MR) is 123 cm³/mol. The lowest BCUT2D eigenvalue weighted by atomic mass is 10.2. The SMILES string of the molecule is COCCN(CC(=O)N(Cc1ccc(F)cc1)Cc1ccco1)C(=O)C=Cc1ccccc1. The van der Waals surface area contributed by atoms with Gasteiger partial charge in [-0.2, -0.15) is 0 Å². The zero-order valence-corrected chi connectivity index (χ0v) is 18.5. The van der Waals surface area contributed by atoms with Crippen LogP contribution in [-0.4, -0.2) is 48.4 Å². The topological polar surface area (TPSA) is 63.0 Å². The van der Waals surface area contributed by atoms with Crippen LogP contribution in [0.1, 0.15) is 16.9 Å². The Labute approximate surface area is 192 Å². The number of benzene rings is 2. The summed E-state index contributed by atoms with van der Waals surface area (Å²) >= 11 is 0. The van der Waals surface area contributed by atoms with Gasteiger partial charge in [-0.25, -0.2) is 4.39 Å². The quantitative estimate of drug-likeness (QED) is 0.412. The maximum Gasteiger partial charge on any atom is 0.247 e. The summed E-state index contributed by atoms with van der Waals surface area (Å²) in [5.41, 5.74) is 1.66. The molecule has 0 atom stereocenters. The Balaban J connectivity index is 1.74. The second kappa shape index (κ2) is 12.4. The molecule has 2 amide bonds. The van der Waals surface area contributed by atoms with Gasteiger partial charge in [0.25, 0.3) is 0 Å². The van der Waals surface area contributed by atoms with Crippen molar-refractivity contribution >= 4 is 17.9 Å². The molecule has 0 unspecified atom stereocenters. The number of halogens is 1. The minimum Gasteiger partial charge on any atom is -0.467 e. The van der Waals surface area contributed by atoms with Crippen molar-refractivity contribution in [1.29, 1.82) is 0 Å². The van der Waals surface area contributed by atoms with Gasteiger partial charge in [-0.05, 0) is 41.5 Å². The highest BCUT2D eigenvalue weighted by Gasteiger charge is 2.21. The predicted octanol–water partition coefficient (Wildman–Crippen LogP) is 4.14. The number of carbonyl (C=O) groups excluding carboxylic acids is 2. The fraction of sp³-hybridized carbons (Fsp3) is 0.231. The Morgan fingerprint density at radius 2 is 1.73 bits per heavy atom. The average Bonchev–Trinajstić information content (AvgIpc) is 3.35. The van der Waals surface area contributed by atoms with Crippen LogP contribution in [0.5, 0.6) is 0 Å². The molecule has 0 aliphatic carbocycles. The van der Waals surface area contributed by atoms with Gasteiger partial charge >= 0.3 is 0 Å². The highest BCUT2D eigenvalue weighted by Crippen LogP contribution is 2.13. The third-order valence-corrected chi connectivity index (χ3v) is 4.99. The molecule has 6 nitrogen and oxygen atoms in total. The molecule has 172 valence electrons. The summed E-state index contributed by atoms with van der Waals surface area (Å²) in [6.07, 6.45) is 4.71. The molecule has 0 spiro atoms. The van der Waals surface area contributed by atoms with Gasteiger partial charge in [0.1, 0.15) is 18.1 Å². The highest BCUT2D eigenvalue weighted by molar-refractivity contribution is 5.94. The lowest BCUT2D eigenvalue weighted by Crippen LogP contribution is -2.43. The zero-order chi connectivity index (χ0) is 23.5. The van der Waals surface area contributed by atoms with E-state index in [-0.39, 0.29) is 43.8 Å². The van der Waals surface area contributed by atoms with Crippen LogP contribution in [-0.2, 0) is 27.4 Å². The van der Waals surface area contributed by atoms with Crippen molar-refractivity contribution in [2.75, 3.05) is 26.8 Å². The summed E-state index contributed by atoms with van der Waals surface area (Å²) in [5.74, 6) is -0.273. The number of hydrogen-bond acceptors (Lipinski definition) is 4. The number of methoxy groups -OCH3 is 1. The van der Waals surface area contributed by atoms with Crippen LogP contribution in [0.4, 0.5) is 4.39 Å². The monoisotopic (exact) mass is 450 g/mol. The molecule has 7 heteroatoms. The number of carbonyl (C=O) groups is 2. The first-order chi connectivity index (χ1) is 16.0. The van der Waals surface area contributed by atoms with Crippen LogP contribution in [0.2, 0.25) is 0 Å². The minimum absolute atomic E-state index is 0.122. The fourth-order valence-corrected chi connectivity index (χ4v) is 3.20. The molecule has 0 saturated heterocycles. The molecule has 0 N–H and O–H groups in total. The van der Waals surface area contributed by atoms with Gasteiger partial charge in [0, 0.05) is 26.3 Å². The van der Waals surface area contributed by atoms with Gasteiger partial charge in [-0.15, -0.1) is 0 Å². The van der Waals surface area contributed by atoms with E-state index in [4.69, 9.17) is 9.15 Å². The lowest BCUT2D eigenvalue weighted by molar-refractivity contribution is -0.139. The van der Waals surface area contributed by atoms with E-state index in [0.717, 1.165) is 11.1 Å². The third-order valence-electron chi connectivity index (χ3n) is 4.99. The minimum atomic E-state index is -0.343. The van der Waals surface area contributed by atoms with Crippen LogP contribution in [0.25, 0.3) is 6.08 Å². The average molecular weight is 451 g/mol. The molecular weight excluding hydrogens is 423 g/mol. The molecule has 3 aromatic rings. The summed E-state index contributed by atoms with van der Waals surface area (Å²) in [5, 5.41) is 0.